The van der Waals surface area contributed by atoms with Crippen molar-refractivity contribution in [2.45, 2.75) is 18.3 Å². The third-order valence-corrected chi connectivity index (χ3v) is 4.04. The smallest absolute Gasteiger partial charge is 0.491 e. The highest BCUT2D eigenvalue weighted by Crippen LogP contribution is 2.42. The molecule has 9 heteroatoms. The van der Waals surface area contributed by atoms with Crippen LogP contribution in [0.2, 0.25) is 0 Å². The van der Waals surface area contributed by atoms with E-state index in [1.807, 2.05) is 0 Å². The van der Waals surface area contributed by atoms with Crippen molar-refractivity contribution < 1.29 is 27.0 Å². The lowest BCUT2D eigenvalue weighted by molar-refractivity contribution is -0.275. The third kappa shape index (κ3) is 2.99. The number of hydrogen-bond donors (Lipinski definition) is 1. The summed E-state index contributed by atoms with van der Waals surface area (Å²) in [6.45, 7) is 0.279. The van der Waals surface area contributed by atoms with Gasteiger partial charge in [-0.2, -0.15) is 0 Å². The van der Waals surface area contributed by atoms with E-state index >= 15 is 0 Å². The Morgan fingerprint density at radius 1 is 1.29 bits per heavy atom. The predicted octanol–water partition coefficient (Wildman–Crippen LogP) is 3.89. The molecule has 2 aromatic rings. The molecule has 0 aliphatic carbocycles. The van der Waals surface area contributed by atoms with Crippen LogP contribution < -0.4 is 14.3 Å². The number of nitrogens with one attached hydrogen (secondary N) is 1. The van der Waals surface area contributed by atoms with Crippen molar-refractivity contribution in [3.8, 4) is 11.5 Å². The SMILES string of the molecule is Fc1cc([C@@]2(NCl)CCOc3cccnc32)ccc1OC(F)(F)F. The number of nitrogens with zero attached hydrogens (tertiary/aromatic N) is 1. The van der Waals surface area contributed by atoms with E-state index in [0.29, 0.717) is 23.4 Å². The molecule has 1 atom stereocenters. The van der Waals surface area contributed by atoms with Crippen LogP contribution >= 0.6 is 11.8 Å². The molecule has 0 radical (unpaired) electrons. The Bertz CT molecular complexity index is 756. The molecule has 1 aliphatic heterocycles. The Balaban J connectivity index is 2.06. The first-order valence-corrected chi connectivity index (χ1v) is 7.25. The second-order valence-electron chi connectivity index (χ2n) is 5.14. The number of alkyl halides is 3. The summed E-state index contributed by atoms with van der Waals surface area (Å²) in [5.41, 5.74) is -0.350. The van der Waals surface area contributed by atoms with Crippen LogP contribution in [0.5, 0.6) is 11.5 Å². The number of fused-ring (bicyclic) bond motifs is 1. The van der Waals surface area contributed by atoms with Gasteiger partial charge in [0.2, 0.25) is 0 Å². The molecular formula is C15H11ClF4N2O2. The van der Waals surface area contributed by atoms with Crippen LogP contribution in [0.3, 0.4) is 0 Å². The molecule has 24 heavy (non-hydrogen) atoms. The summed E-state index contributed by atoms with van der Waals surface area (Å²) in [5.74, 6) is -1.60. The summed E-state index contributed by atoms with van der Waals surface area (Å²) in [6, 6.07) is 6.52. The number of rotatable bonds is 3. The maximum atomic E-state index is 14.1. The second-order valence-corrected chi connectivity index (χ2v) is 5.33. The van der Waals surface area contributed by atoms with Gasteiger partial charge in [-0.1, -0.05) is 6.07 Å². The Morgan fingerprint density at radius 3 is 2.75 bits per heavy atom. The number of ether oxygens (including phenoxy) is 2. The lowest BCUT2D eigenvalue weighted by Gasteiger charge is -2.36. The third-order valence-electron chi connectivity index (χ3n) is 3.72. The van der Waals surface area contributed by atoms with Crippen LogP contribution in [0.15, 0.2) is 36.5 Å². The lowest BCUT2D eigenvalue weighted by Crippen LogP contribution is -2.43. The normalized spacial score (nSPS) is 20.2. The zero-order valence-corrected chi connectivity index (χ0v) is 12.8. The predicted molar refractivity (Wildman–Crippen MR) is 77.2 cm³/mol. The number of halogens is 5. The van der Waals surface area contributed by atoms with Gasteiger partial charge in [0.15, 0.2) is 11.6 Å². The largest absolute Gasteiger partial charge is 0.573 e. The Hall–Kier alpha value is -2.06. The molecule has 1 aliphatic rings. The summed E-state index contributed by atoms with van der Waals surface area (Å²) >= 11 is 5.92. The van der Waals surface area contributed by atoms with E-state index < -0.39 is 23.5 Å². The van der Waals surface area contributed by atoms with Crippen LogP contribution in [0, 0.1) is 5.82 Å². The molecule has 0 bridgehead atoms. The van der Waals surface area contributed by atoms with Crippen LogP contribution in [0.25, 0.3) is 0 Å². The number of benzene rings is 1. The second kappa shape index (κ2) is 6.10. The van der Waals surface area contributed by atoms with Gasteiger partial charge in [0.1, 0.15) is 17.0 Å². The summed E-state index contributed by atoms with van der Waals surface area (Å²) < 4.78 is 60.0. The van der Waals surface area contributed by atoms with Crippen LogP contribution in [0.4, 0.5) is 17.6 Å². The van der Waals surface area contributed by atoms with Gasteiger partial charge in [0.05, 0.1) is 6.61 Å². The van der Waals surface area contributed by atoms with E-state index in [2.05, 4.69) is 14.6 Å². The van der Waals surface area contributed by atoms with Gasteiger partial charge in [-0.3, -0.25) is 4.98 Å². The first kappa shape index (κ1) is 16.8. The van der Waals surface area contributed by atoms with Crippen molar-refractivity contribution in [1.29, 1.82) is 0 Å². The molecule has 1 aromatic heterocycles. The number of hydrogen-bond acceptors (Lipinski definition) is 4. The summed E-state index contributed by atoms with van der Waals surface area (Å²) in [4.78, 5) is 6.81. The molecule has 1 N–H and O–H groups in total. The molecule has 3 rings (SSSR count). The van der Waals surface area contributed by atoms with Crippen molar-refractivity contribution in [3.05, 3.63) is 53.6 Å². The minimum absolute atomic E-state index is 0.279. The molecular weight excluding hydrogens is 352 g/mol. The summed E-state index contributed by atoms with van der Waals surface area (Å²) in [5, 5.41) is 0. The Labute approximate surface area is 139 Å². The fraction of sp³-hybridized carbons (Fsp3) is 0.267. The first-order chi connectivity index (χ1) is 11.4. The Kier molecular flexibility index (Phi) is 4.27. The maximum Gasteiger partial charge on any atom is 0.573 e. The van der Waals surface area contributed by atoms with Crippen molar-refractivity contribution in [2.75, 3.05) is 6.61 Å². The fourth-order valence-electron chi connectivity index (χ4n) is 2.66. The number of aromatic nitrogens is 1. The standard InChI is InChI=1S/C15H11ClF4N2O2/c16-22-14(5-7-23-12-2-1-6-21-13(12)14)9-3-4-11(10(17)8-9)24-15(18,19)20/h1-4,6,8,22H,5,7H2/t14-/m0/s1. The van der Waals surface area contributed by atoms with E-state index in [0.717, 1.165) is 12.1 Å². The molecule has 0 spiro atoms. The molecule has 0 amide bonds. The van der Waals surface area contributed by atoms with Gasteiger partial charge >= 0.3 is 6.36 Å². The zero-order valence-electron chi connectivity index (χ0n) is 12.0. The van der Waals surface area contributed by atoms with Crippen LogP contribution in [0.1, 0.15) is 17.7 Å². The summed E-state index contributed by atoms with van der Waals surface area (Å²) in [6.07, 6.45) is -3.13. The van der Waals surface area contributed by atoms with E-state index in [-0.39, 0.29) is 6.61 Å². The molecule has 0 unspecified atom stereocenters. The van der Waals surface area contributed by atoms with Crippen LogP contribution in [-0.2, 0) is 5.54 Å². The lowest BCUT2D eigenvalue weighted by atomic mass is 9.82. The highest BCUT2D eigenvalue weighted by atomic mass is 35.5. The topological polar surface area (TPSA) is 43.4 Å². The van der Waals surface area contributed by atoms with Gasteiger partial charge in [0, 0.05) is 12.6 Å². The average Bonchev–Trinajstić information content (AvgIpc) is 2.55. The fourth-order valence-corrected chi connectivity index (χ4v) is 2.95. The highest BCUT2D eigenvalue weighted by molar-refractivity contribution is 6.14. The number of pyridine rings is 1. The average molecular weight is 363 g/mol. The molecule has 2 heterocycles. The van der Waals surface area contributed by atoms with Crippen molar-refractivity contribution in [2.24, 2.45) is 0 Å². The van der Waals surface area contributed by atoms with Gasteiger partial charge in [-0.05, 0) is 41.6 Å². The van der Waals surface area contributed by atoms with Crippen molar-refractivity contribution >= 4 is 11.8 Å². The molecule has 1 aromatic carbocycles. The van der Waals surface area contributed by atoms with Gasteiger partial charge in [-0.25, -0.2) is 9.23 Å². The maximum absolute atomic E-state index is 14.1. The monoisotopic (exact) mass is 362 g/mol. The van der Waals surface area contributed by atoms with Gasteiger partial charge < -0.3 is 9.47 Å². The van der Waals surface area contributed by atoms with Crippen molar-refractivity contribution in [3.63, 3.8) is 0 Å². The van der Waals surface area contributed by atoms with Gasteiger partial charge in [-0.15, -0.1) is 13.2 Å². The highest BCUT2D eigenvalue weighted by Gasteiger charge is 2.41. The molecule has 128 valence electrons. The van der Waals surface area contributed by atoms with Crippen molar-refractivity contribution in [1.82, 2.24) is 9.82 Å². The van der Waals surface area contributed by atoms with E-state index in [4.69, 9.17) is 16.5 Å². The van der Waals surface area contributed by atoms with E-state index in [1.54, 1.807) is 12.1 Å². The van der Waals surface area contributed by atoms with Crippen LogP contribution in [-0.4, -0.2) is 18.0 Å². The molecule has 0 saturated carbocycles. The van der Waals surface area contributed by atoms with E-state index in [9.17, 15) is 17.6 Å². The van der Waals surface area contributed by atoms with Gasteiger partial charge in [0.25, 0.3) is 0 Å². The first-order valence-electron chi connectivity index (χ1n) is 6.87. The Morgan fingerprint density at radius 2 is 2.08 bits per heavy atom. The zero-order chi connectivity index (χ0) is 17.4. The minimum atomic E-state index is -4.97. The van der Waals surface area contributed by atoms with E-state index in [1.165, 1.54) is 12.3 Å². The summed E-state index contributed by atoms with van der Waals surface area (Å²) in [7, 11) is 0. The molecule has 0 fully saturated rings. The molecule has 0 saturated heterocycles. The quantitative estimate of drug-likeness (QED) is 0.664. The minimum Gasteiger partial charge on any atom is -0.491 e. The molecule has 4 nitrogen and oxygen atoms in total.